The predicted molar refractivity (Wildman–Crippen MR) is 70.5 cm³/mol. The van der Waals surface area contributed by atoms with Crippen molar-refractivity contribution < 1.29 is 4.74 Å². The molecule has 0 amide bonds. The molecule has 2 aromatic carbocycles. The average molecular weight is 242 g/mol. The summed E-state index contributed by atoms with van der Waals surface area (Å²) in [5, 5.41) is 0.636. The van der Waals surface area contributed by atoms with Crippen molar-refractivity contribution in [1.82, 2.24) is 4.98 Å². The Morgan fingerprint density at radius 3 is 2.71 bits per heavy atom. The van der Waals surface area contributed by atoms with Crippen molar-refractivity contribution in [3.8, 4) is 10.9 Å². The Bertz CT molecular complexity index is 649. The molecule has 0 fully saturated rings. The first-order valence-electron chi connectivity index (χ1n) is 5.20. The monoisotopic (exact) mass is 242 g/mol. The summed E-state index contributed by atoms with van der Waals surface area (Å²) in [6.45, 7) is 0. The van der Waals surface area contributed by atoms with Gasteiger partial charge in [-0.25, -0.2) is 4.98 Å². The Labute approximate surface area is 102 Å². The number of benzene rings is 2. The molecule has 1 aromatic heterocycles. The molecule has 4 heteroatoms. The van der Waals surface area contributed by atoms with E-state index in [9.17, 15) is 0 Å². The van der Waals surface area contributed by atoms with Crippen LogP contribution in [0.1, 0.15) is 0 Å². The van der Waals surface area contributed by atoms with Gasteiger partial charge in [0.1, 0.15) is 5.75 Å². The van der Waals surface area contributed by atoms with E-state index >= 15 is 0 Å². The SMILES string of the molecule is Nc1ccc2nc(Oc3ccccc3)sc2c1. The maximum atomic E-state index is 5.72. The van der Waals surface area contributed by atoms with Gasteiger partial charge in [0, 0.05) is 5.69 Å². The van der Waals surface area contributed by atoms with Crippen LogP contribution in [0.4, 0.5) is 5.69 Å². The van der Waals surface area contributed by atoms with E-state index in [1.165, 1.54) is 11.3 Å². The number of nitrogens with two attached hydrogens (primary N) is 1. The van der Waals surface area contributed by atoms with Crippen LogP contribution in [0.5, 0.6) is 10.9 Å². The Morgan fingerprint density at radius 1 is 1.06 bits per heavy atom. The van der Waals surface area contributed by atoms with E-state index < -0.39 is 0 Å². The number of rotatable bonds is 2. The second kappa shape index (κ2) is 4.07. The van der Waals surface area contributed by atoms with Gasteiger partial charge in [-0.2, -0.15) is 0 Å². The minimum Gasteiger partial charge on any atom is -0.431 e. The van der Waals surface area contributed by atoms with Crippen molar-refractivity contribution in [3.63, 3.8) is 0 Å². The zero-order valence-electron chi connectivity index (χ0n) is 8.96. The quantitative estimate of drug-likeness (QED) is 0.697. The molecule has 0 atom stereocenters. The summed E-state index contributed by atoms with van der Waals surface area (Å²) in [5.41, 5.74) is 7.38. The van der Waals surface area contributed by atoms with Crippen molar-refractivity contribution >= 4 is 27.2 Å². The van der Waals surface area contributed by atoms with Gasteiger partial charge >= 0.3 is 0 Å². The van der Waals surface area contributed by atoms with E-state index in [1.807, 2.05) is 48.5 Å². The highest BCUT2D eigenvalue weighted by atomic mass is 32.1. The standard InChI is InChI=1S/C13H10N2OS/c14-9-6-7-11-12(8-9)17-13(15-11)16-10-4-2-1-3-5-10/h1-8H,14H2. The molecule has 0 bridgehead atoms. The lowest BCUT2D eigenvalue weighted by Gasteiger charge is -1.98. The van der Waals surface area contributed by atoms with E-state index in [2.05, 4.69) is 4.98 Å². The number of ether oxygens (including phenoxy) is 1. The van der Waals surface area contributed by atoms with Crippen LogP contribution in [0, 0.1) is 0 Å². The van der Waals surface area contributed by atoms with Crippen LogP contribution in [-0.4, -0.2) is 4.98 Å². The number of hydrogen-bond donors (Lipinski definition) is 1. The van der Waals surface area contributed by atoms with Gasteiger partial charge in [0.2, 0.25) is 0 Å². The molecule has 84 valence electrons. The van der Waals surface area contributed by atoms with E-state index in [4.69, 9.17) is 10.5 Å². The maximum absolute atomic E-state index is 5.72. The van der Waals surface area contributed by atoms with E-state index in [0.29, 0.717) is 5.19 Å². The minimum atomic E-state index is 0.636. The Balaban J connectivity index is 1.96. The molecular weight excluding hydrogens is 232 g/mol. The molecular formula is C13H10N2OS. The molecule has 0 saturated heterocycles. The van der Waals surface area contributed by atoms with Crippen LogP contribution < -0.4 is 10.5 Å². The van der Waals surface area contributed by atoms with Crippen molar-refractivity contribution in [3.05, 3.63) is 48.5 Å². The molecule has 0 aliphatic carbocycles. The third kappa shape index (κ3) is 2.07. The fourth-order valence-corrected chi connectivity index (χ4v) is 2.44. The minimum absolute atomic E-state index is 0.636. The number of thiazole rings is 1. The first-order chi connectivity index (χ1) is 8.31. The predicted octanol–water partition coefficient (Wildman–Crippen LogP) is 3.67. The third-order valence-corrected chi connectivity index (χ3v) is 3.24. The van der Waals surface area contributed by atoms with Gasteiger partial charge in [-0.15, -0.1) is 0 Å². The third-order valence-electron chi connectivity index (χ3n) is 2.34. The van der Waals surface area contributed by atoms with Crippen LogP contribution in [0.15, 0.2) is 48.5 Å². The molecule has 0 unspecified atom stereocenters. The van der Waals surface area contributed by atoms with Crippen LogP contribution in [-0.2, 0) is 0 Å². The summed E-state index contributed by atoms with van der Waals surface area (Å²) >= 11 is 1.49. The Kier molecular flexibility index (Phi) is 2.42. The summed E-state index contributed by atoms with van der Waals surface area (Å²) in [4.78, 5) is 4.39. The summed E-state index contributed by atoms with van der Waals surface area (Å²) < 4.78 is 6.71. The molecule has 3 nitrogen and oxygen atoms in total. The molecule has 0 aliphatic heterocycles. The van der Waals surface area contributed by atoms with Gasteiger partial charge in [0.15, 0.2) is 0 Å². The highest BCUT2D eigenvalue weighted by Crippen LogP contribution is 2.31. The van der Waals surface area contributed by atoms with Crippen molar-refractivity contribution in [2.75, 3.05) is 5.73 Å². The number of hydrogen-bond acceptors (Lipinski definition) is 4. The Hall–Kier alpha value is -2.07. The van der Waals surface area contributed by atoms with Crippen LogP contribution in [0.25, 0.3) is 10.2 Å². The van der Waals surface area contributed by atoms with Gasteiger partial charge in [-0.05, 0) is 30.3 Å². The van der Waals surface area contributed by atoms with E-state index in [0.717, 1.165) is 21.7 Å². The molecule has 3 aromatic rings. The van der Waals surface area contributed by atoms with Gasteiger partial charge < -0.3 is 10.5 Å². The van der Waals surface area contributed by atoms with Gasteiger partial charge in [-0.3, -0.25) is 0 Å². The second-order valence-electron chi connectivity index (χ2n) is 3.62. The second-order valence-corrected chi connectivity index (χ2v) is 4.62. The molecule has 0 radical (unpaired) electrons. The molecule has 17 heavy (non-hydrogen) atoms. The number of fused-ring (bicyclic) bond motifs is 1. The van der Waals surface area contributed by atoms with Gasteiger partial charge in [0.05, 0.1) is 10.2 Å². The number of para-hydroxylation sites is 1. The molecule has 0 aliphatic rings. The van der Waals surface area contributed by atoms with E-state index in [1.54, 1.807) is 0 Å². The lowest BCUT2D eigenvalue weighted by Crippen LogP contribution is -1.82. The van der Waals surface area contributed by atoms with Crippen LogP contribution in [0.2, 0.25) is 0 Å². The lowest BCUT2D eigenvalue weighted by molar-refractivity contribution is 0.480. The normalized spacial score (nSPS) is 10.6. The summed E-state index contributed by atoms with van der Waals surface area (Å²) in [6, 6.07) is 15.3. The van der Waals surface area contributed by atoms with Crippen LogP contribution >= 0.6 is 11.3 Å². The summed E-state index contributed by atoms with van der Waals surface area (Å²) in [7, 11) is 0. The highest BCUT2D eigenvalue weighted by Gasteiger charge is 2.05. The number of aromatic nitrogens is 1. The summed E-state index contributed by atoms with van der Waals surface area (Å²) in [6.07, 6.45) is 0. The first-order valence-corrected chi connectivity index (χ1v) is 6.02. The molecule has 3 rings (SSSR count). The Morgan fingerprint density at radius 2 is 1.88 bits per heavy atom. The zero-order chi connectivity index (χ0) is 11.7. The van der Waals surface area contributed by atoms with Crippen molar-refractivity contribution in [2.24, 2.45) is 0 Å². The van der Waals surface area contributed by atoms with E-state index in [-0.39, 0.29) is 0 Å². The van der Waals surface area contributed by atoms with Crippen LogP contribution in [0.3, 0.4) is 0 Å². The summed E-state index contributed by atoms with van der Waals surface area (Å²) in [5.74, 6) is 0.791. The van der Waals surface area contributed by atoms with Gasteiger partial charge in [0.25, 0.3) is 5.19 Å². The van der Waals surface area contributed by atoms with Crippen molar-refractivity contribution in [1.29, 1.82) is 0 Å². The van der Waals surface area contributed by atoms with Gasteiger partial charge in [-0.1, -0.05) is 29.5 Å². The number of anilines is 1. The topological polar surface area (TPSA) is 48.1 Å². The molecule has 0 spiro atoms. The maximum Gasteiger partial charge on any atom is 0.279 e. The first kappa shape index (κ1) is 10.1. The highest BCUT2D eigenvalue weighted by molar-refractivity contribution is 7.20. The fraction of sp³-hybridized carbons (Fsp3) is 0. The lowest BCUT2D eigenvalue weighted by atomic mass is 10.3. The average Bonchev–Trinajstić information content (AvgIpc) is 2.71. The number of nitrogen functional groups attached to an aromatic ring is 1. The number of nitrogens with zero attached hydrogens (tertiary/aromatic N) is 1. The zero-order valence-corrected chi connectivity index (χ0v) is 9.78. The molecule has 2 N–H and O–H groups in total. The molecule has 0 saturated carbocycles. The largest absolute Gasteiger partial charge is 0.431 e. The fourth-order valence-electron chi connectivity index (χ4n) is 1.55. The van der Waals surface area contributed by atoms with Crippen molar-refractivity contribution in [2.45, 2.75) is 0 Å². The smallest absolute Gasteiger partial charge is 0.279 e. The molecule has 1 heterocycles.